The van der Waals surface area contributed by atoms with Crippen LogP contribution in [0.25, 0.3) is 22.6 Å². The summed E-state index contributed by atoms with van der Waals surface area (Å²) in [4.78, 5) is 27.4. The van der Waals surface area contributed by atoms with Gasteiger partial charge in [0.1, 0.15) is 5.69 Å². The second-order valence-corrected chi connectivity index (χ2v) is 9.82. The molecule has 0 bridgehead atoms. The second kappa shape index (κ2) is 9.32. The average Bonchev–Trinajstić information content (AvgIpc) is 3.39. The number of urea groups is 1. The molecule has 4 heterocycles. The van der Waals surface area contributed by atoms with E-state index in [2.05, 4.69) is 37.6 Å². The van der Waals surface area contributed by atoms with Gasteiger partial charge >= 0.3 is 6.03 Å². The Morgan fingerprint density at radius 2 is 2.03 bits per heavy atom. The van der Waals surface area contributed by atoms with Crippen molar-refractivity contribution in [2.24, 2.45) is 13.0 Å². The van der Waals surface area contributed by atoms with Gasteiger partial charge in [0.05, 0.1) is 16.6 Å². The van der Waals surface area contributed by atoms with E-state index in [0.717, 1.165) is 45.0 Å². The zero-order valence-electron chi connectivity index (χ0n) is 19.3. The number of hydrogen-bond acceptors (Lipinski definition) is 6. The van der Waals surface area contributed by atoms with Crippen LogP contribution < -0.4 is 10.6 Å². The van der Waals surface area contributed by atoms with Gasteiger partial charge in [-0.3, -0.25) is 0 Å². The molecule has 0 spiro atoms. The number of nitrogens with one attached hydrogen (secondary N) is 2. The van der Waals surface area contributed by atoms with E-state index in [4.69, 9.17) is 11.6 Å². The molecule has 2 N–H and O–H groups in total. The van der Waals surface area contributed by atoms with Crippen molar-refractivity contribution in [3.63, 3.8) is 0 Å². The highest BCUT2D eigenvalue weighted by Crippen LogP contribution is 2.29. The summed E-state index contributed by atoms with van der Waals surface area (Å²) in [6.45, 7) is 3.77. The van der Waals surface area contributed by atoms with Crippen molar-refractivity contribution < 1.29 is 9.18 Å². The summed E-state index contributed by atoms with van der Waals surface area (Å²) in [5.41, 5.74) is 1.13. The predicted molar refractivity (Wildman–Crippen MR) is 128 cm³/mol. The Kier molecular flexibility index (Phi) is 6.24. The molecule has 2 amide bonds. The molecule has 3 aromatic heterocycles. The largest absolute Gasteiger partial charge is 0.365 e. The zero-order chi connectivity index (χ0) is 23.8. The predicted octanol–water partition coefficient (Wildman–Crippen LogP) is 3.99. The lowest BCUT2D eigenvalue weighted by Crippen LogP contribution is -2.47. The van der Waals surface area contributed by atoms with Crippen LogP contribution in [0.4, 0.5) is 15.0 Å². The first-order valence-electron chi connectivity index (χ1n) is 11.7. The molecule has 180 valence electrons. The van der Waals surface area contributed by atoms with E-state index in [-0.39, 0.29) is 23.9 Å². The Bertz CT molecular complexity index is 1220. The number of nitrogens with zero attached hydrogens (tertiary/aromatic N) is 6. The average molecular weight is 487 g/mol. The number of rotatable bonds is 4. The molecular weight excluding hydrogens is 459 g/mol. The molecule has 1 saturated carbocycles. The fourth-order valence-corrected chi connectivity index (χ4v) is 5.05. The van der Waals surface area contributed by atoms with E-state index in [1.165, 1.54) is 0 Å². The molecule has 2 fully saturated rings. The molecule has 1 aliphatic heterocycles. The van der Waals surface area contributed by atoms with Crippen LogP contribution >= 0.6 is 11.6 Å². The van der Waals surface area contributed by atoms with Gasteiger partial charge in [0.2, 0.25) is 0 Å². The van der Waals surface area contributed by atoms with E-state index in [1.807, 2.05) is 4.90 Å². The lowest BCUT2D eigenvalue weighted by Gasteiger charge is -2.32. The molecule has 11 heteroatoms. The summed E-state index contributed by atoms with van der Waals surface area (Å²) < 4.78 is 16.3. The molecule has 3 aromatic rings. The van der Waals surface area contributed by atoms with Gasteiger partial charge in [0.15, 0.2) is 23.1 Å². The topological polar surface area (TPSA) is 101 Å². The lowest BCUT2D eigenvalue weighted by molar-refractivity contribution is 0.198. The van der Waals surface area contributed by atoms with Gasteiger partial charge in [-0.05, 0) is 44.1 Å². The van der Waals surface area contributed by atoms with Gasteiger partial charge in [-0.2, -0.15) is 5.10 Å². The minimum Gasteiger partial charge on any atom is -0.365 e. The molecule has 3 atom stereocenters. The van der Waals surface area contributed by atoms with Crippen LogP contribution in [0, 0.1) is 11.7 Å². The van der Waals surface area contributed by atoms with Crippen LogP contribution in [0.5, 0.6) is 0 Å². The Hall–Kier alpha value is -3.01. The molecule has 34 heavy (non-hydrogen) atoms. The number of halogens is 2. The van der Waals surface area contributed by atoms with E-state index >= 15 is 0 Å². The Morgan fingerprint density at radius 1 is 1.21 bits per heavy atom. The van der Waals surface area contributed by atoms with Crippen LogP contribution in [0.2, 0.25) is 5.02 Å². The van der Waals surface area contributed by atoms with Gasteiger partial charge in [-0.25, -0.2) is 28.8 Å². The first kappa shape index (κ1) is 22.8. The van der Waals surface area contributed by atoms with Gasteiger partial charge < -0.3 is 15.5 Å². The Morgan fingerprint density at radius 3 is 2.82 bits per heavy atom. The number of carbonyl (C=O) groups excluding carboxylic acids is 1. The van der Waals surface area contributed by atoms with Gasteiger partial charge in [0.25, 0.3) is 0 Å². The summed E-state index contributed by atoms with van der Waals surface area (Å²) in [7, 11) is 1.77. The quantitative estimate of drug-likeness (QED) is 0.578. The zero-order valence-corrected chi connectivity index (χ0v) is 20.0. The second-order valence-electron chi connectivity index (χ2n) is 9.38. The Labute approximate surface area is 202 Å². The van der Waals surface area contributed by atoms with Crippen molar-refractivity contribution in [3.05, 3.63) is 29.3 Å². The third kappa shape index (κ3) is 4.64. The summed E-state index contributed by atoms with van der Waals surface area (Å²) >= 11 is 6.13. The van der Waals surface area contributed by atoms with Crippen LogP contribution in [0.15, 0.2) is 18.5 Å². The van der Waals surface area contributed by atoms with E-state index in [9.17, 15) is 9.18 Å². The number of aromatic nitrogens is 5. The number of amides is 2. The highest BCUT2D eigenvalue weighted by Gasteiger charge is 2.28. The molecule has 0 radical (unpaired) electrons. The first-order chi connectivity index (χ1) is 16.4. The number of carbonyl (C=O) groups is 1. The van der Waals surface area contributed by atoms with Gasteiger partial charge in [0, 0.05) is 38.4 Å². The fraction of sp³-hybridized carbons (Fsp3) is 0.522. The Balaban J connectivity index is 1.31. The van der Waals surface area contributed by atoms with E-state index in [1.54, 1.807) is 24.0 Å². The number of fused-ring (bicyclic) bond motifs is 1. The standard InChI is InChI=1S/C23H28ClFN8O/c1-13-6-7-33(12-13)23(34)29-16-5-3-4-15(9-16)28-20-18(25)11-26-21(30-20)19-17-8-14(24)10-27-22(17)32(2)31-19/h8,10-11,13,15-16H,3-7,9,12H2,1-2H3,(H,29,34)(H,26,28,30)/t13?,15-,16+/m0/s1. The van der Waals surface area contributed by atoms with Crippen molar-refractivity contribution in [1.29, 1.82) is 0 Å². The first-order valence-corrected chi connectivity index (χ1v) is 12.1. The normalized spacial score (nSPS) is 22.8. The van der Waals surface area contributed by atoms with Crippen LogP contribution in [-0.2, 0) is 7.05 Å². The number of anilines is 1. The van der Waals surface area contributed by atoms with Crippen molar-refractivity contribution in [2.75, 3.05) is 18.4 Å². The third-order valence-electron chi connectivity index (χ3n) is 6.65. The van der Waals surface area contributed by atoms with Crippen molar-refractivity contribution >= 4 is 34.5 Å². The van der Waals surface area contributed by atoms with E-state index < -0.39 is 5.82 Å². The molecule has 1 unspecified atom stereocenters. The minimum atomic E-state index is -0.530. The van der Waals surface area contributed by atoms with Crippen molar-refractivity contribution in [3.8, 4) is 11.5 Å². The van der Waals surface area contributed by atoms with Gasteiger partial charge in [-0.1, -0.05) is 18.5 Å². The van der Waals surface area contributed by atoms with Crippen LogP contribution in [0.1, 0.15) is 39.0 Å². The number of pyridine rings is 1. The number of aryl methyl sites for hydroxylation is 1. The molecular formula is C23H28ClFN8O. The maximum Gasteiger partial charge on any atom is 0.317 e. The number of likely N-dealkylation sites (tertiary alicyclic amines) is 1. The SMILES string of the molecule is CC1CCN(C(=O)N[C@@H]2CCC[C@H](Nc3nc(-c4nn(C)c5ncc(Cl)cc45)ncc3F)C2)C1. The highest BCUT2D eigenvalue weighted by molar-refractivity contribution is 6.31. The van der Waals surface area contributed by atoms with Crippen molar-refractivity contribution in [2.45, 2.75) is 51.1 Å². The molecule has 9 nitrogen and oxygen atoms in total. The summed E-state index contributed by atoms with van der Waals surface area (Å²) in [5, 5.41) is 12.0. The summed E-state index contributed by atoms with van der Waals surface area (Å²) in [6, 6.07) is 1.79. The molecule has 5 rings (SSSR count). The minimum absolute atomic E-state index is 0.000182. The number of hydrogen-bond donors (Lipinski definition) is 2. The molecule has 1 aliphatic carbocycles. The van der Waals surface area contributed by atoms with Crippen molar-refractivity contribution in [1.82, 2.24) is 34.9 Å². The maximum absolute atomic E-state index is 14.6. The molecule has 0 aromatic carbocycles. The third-order valence-corrected chi connectivity index (χ3v) is 6.86. The smallest absolute Gasteiger partial charge is 0.317 e. The lowest BCUT2D eigenvalue weighted by atomic mass is 9.91. The van der Waals surface area contributed by atoms with Crippen LogP contribution in [0.3, 0.4) is 0 Å². The maximum atomic E-state index is 14.6. The fourth-order valence-electron chi connectivity index (χ4n) is 4.89. The van der Waals surface area contributed by atoms with E-state index in [0.29, 0.717) is 39.9 Å². The summed E-state index contributed by atoms with van der Waals surface area (Å²) in [5.74, 6) is 0.438. The molecule has 1 saturated heterocycles. The highest BCUT2D eigenvalue weighted by atomic mass is 35.5. The van der Waals surface area contributed by atoms with Gasteiger partial charge in [-0.15, -0.1) is 0 Å². The van der Waals surface area contributed by atoms with Crippen LogP contribution in [-0.4, -0.2) is 60.8 Å². The molecule has 2 aliphatic rings. The summed E-state index contributed by atoms with van der Waals surface area (Å²) in [6.07, 6.45) is 7.19. The monoisotopic (exact) mass is 486 g/mol.